The van der Waals surface area contributed by atoms with Gasteiger partial charge in [0.15, 0.2) is 0 Å². The van der Waals surface area contributed by atoms with E-state index < -0.39 is 0 Å². The number of hydrogen-bond acceptors (Lipinski definition) is 2. The highest BCUT2D eigenvalue weighted by Gasteiger charge is 2.16. The fourth-order valence-electron chi connectivity index (χ4n) is 2.94. The molecule has 0 unspecified atom stereocenters. The lowest BCUT2D eigenvalue weighted by Gasteiger charge is -2.19. The van der Waals surface area contributed by atoms with E-state index in [2.05, 4.69) is 22.0 Å². The molecule has 0 bridgehead atoms. The Labute approximate surface area is 154 Å². The van der Waals surface area contributed by atoms with Crippen molar-refractivity contribution in [1.82, 2.24) is 9.88 Å². The van der Waals surface area contributed by atoms with Crippen LogP contribution in [0.2, 0.25) is 0 Å². The molecular formula is C22H24N2O2. The van der Waals surface area contributed by atoms with Gasteiger partial charge in [-0.2, -0.15) is 0 Å². The molecule has 1 heterocycles. The zero-order valence-electron chi connectivity index (χ0n) is 15.0. The fourth-order valence-corrected chi connectivity index (χ4v) is 2.94. The largest absolute Gasteiger partial charge is 0.494 e. The van der Waals surface area contributed by atoms with Crippen molar-refractivity contribution in [3.63, 3.8) is 0 Å². The summed E-state index contributed by atoms with van der Waals surface area (Å²) in [6.45, 7) is 3.12. The highest BCUT2D eigenvalue weighted by molar-refractivity contribution is 5.76. The number of ether oxygens (including phenoxy) is 1. The Balaban J connectivity index is 1.61. The van der Waals surface area contributed by atoms with Gasteiger partial charge in [-0.05, 0) is 42.3 Å². The van der Waals surface area contributed by atoms with E-state index in [1.807, 2.05) is 73.9 Å². The molecule has 4 heteroatoms. The molecular weight excluding hydrogens is 324 g/mol. The molecule has 134 valence electrons. The number of aromatic nitrogens is 1. The van der Waals surface area contributed by atoms with Crippen LogP contribution in [-0.2, 0) is 11.3 Å². The summed E-state index contributed by atoms with van der Waals surface area (Å²) in [5, 5.41) is 3.02. The molecule has 3 aromatic rings. The van der Waals surface area contributed by atoms with Gasteiger partial charge < -0.3 is 14.6 Å². The topological polar surface area (TPSA) is 43.3 Å². The van der Waals surface area contributed by atoms with E-state index in [9.17, 15) is 4.79 Å². The number of carbonyl (C=O) groups excluding carboxylic acids is 1. The van der Waals surface area contributed by atoms with Crippen LogP contribution in [0.3, 0.4) is 0 Å². The van der Waals surface area contributed by atoms with Gasteiger partial charge in [-0.1, -0.05) is 42.5 Å². The third-order valence-electron chi connectivity index (χ3n) is 4.27. The molecule has 0 aliphatic rings. The maximum absolute atomic E-state index is 12.5. The van der Waals surface area contributed by atoms with Gasteiger partial charge in [-0.25, -0.2) is 0 Å². The van der Waals surface area contributed by atoms with Gasteiger partial charge in [0.1, 0.15) is 5.75 Å². The van der Waals surface area contributed by atoms with E-state index in [4.69, 9.17) is 4.74 Å². The second-order valence-electron chi connectivity index (χ2n) is 6.11. The standard InChI is InChI=1S/C22H24N2O2/c1-2-26-20-12-10-18(11-13-20)17-23-22(25)16-21(24-14-6-7-15-24)19-8-4-3-5-9-19/h3-15,21H,2,16-17H2,1H3,(H,23,25)/t21-/m0/s1. The van der Waals surface area contributed by atoms with Crippen LogP contribution in [0.25, 0.3) is 0 Å². The van der Waals surface area contributed by atoms with Gasteiger partial charge in [0, 0.05) is 18.9 Å². The molecule has 1 amide bonds. The number of amides is 1. The molecule has 3 rings (SSSR count). The maximum Gasteiger partial charge on any atom is 0.222 e. The van der Waals surface area contributed by atoms with Crippen LogP contribution in [0.5, 0.6) is 5.75 Å². The SMILES string of the molecule is CCOc1ccc(CNC(=O)C[C@@H](c2ccccc2)n2cccc2)cc1. The first kappa shape index (κ1) is 17.8. The van der Waals surface area contributed by atoms with Crippen LogP contribution in [0.4, 0.5) is 0 Å². The molecule has 0 radical (unpaired) electrons. The third kappa shape index (κ3) is 4.76. The van der Waals surface area contributed by atoms with Crippen LogP contribution in [0, 0.1) is 0 Å². The van der Waals surface area contributed by atoms with Gasteiger partial charge >= 0.3 is 0 Å². The van der Waals surface area contributed by atoms with Gasteiger partial charge in [0.05, 0.1) is 19.1 Å². The first-order chi connectivity index (χ1) is 12.8. The maximum atomic E-state index is 12.5. The molecule has 26 heavy (non-hydrogen) atoms. The summed E-state index contributed by atoms with van der Waals surface area (Å²) in [6.07, 6.45) is 4.39. The predicted molar refractivity (Wildman–Crippen MR) is 103 cm³/mol. The van der Waals surface area contributed by atoms with Gasteiger partial charge in [-0.3, -0.25) is 4.79 Å². The monoisotopic (exact) mass is 348 g/mol. The van der Waals surface area contributed by atoms with Gasteiger partial charge in [-0.15, -0.1) is 0 Å². The van der Waals surface area contributed by atoms with Crippen molar-refractivity contribution in [2.45, 2.75) is 25.9 Å². The van der Waals surface area contributed by atoms with Crippen molar-refractivity contribution in [2.75, 3.05) is 6.61 Å². The minimum atomic E-state index is -0.00784. The number of carbonyl (C=O) groups is 1. The molecule has 0 aliphatic heterocycles. The first-order valence-corrected chi connectivity index (χ1v) is 8.92. The Morgan fingerprint density at radius 3 is 2.35 bits per heavy atom. The number of benzene rings is 2. The number of nitrogens with zero attached hydrogens (tertiary/aromatic N) is 1. The summed E-state index contributed by atoms with van der Waals surface area (Å²) in [5.41, 5.74) is 2.18. The third-order valence-corrected chi connectivity index (χ3v) is 4.27. The Bertz CT molecular complexity index is 796. The Kier molecular flexibility index (Phi) is 6.09. The minimum Gasteiger partial charge on any atom is -0.494 e. The van der Waals surface area contributed by atoms with Crippen molar-refractivity contribution < 1.29 is 9.53 Å². The normalized spacial score (nSPS) is 11.7. The molecule has 0 saturated heterocycles. The Hall–Kier alpha value is -3.01. The summed E-state index contributed by atoms with van der Waals surface area (Å²) < 4.78 is 7.51. The number of hydrogen-bond donors (Lipinski definition) is 1. The lowest BCUT2D eigenvalue weighted by Crippen LogP contribution is -2.26. The van der Waals surface area contributed by atoms with E-state index >= 15 is 0 Å². The number of nitrogens with one attached hydrogen (secondary N) is 1. The van der Waals surface area contributed by atoms with Crippen LogP contribution in [0.1, 0.15) is 30.5 Å². The molecule has 0 fully saturated rings. The van der Waals surface area contributed by atoms with E-state index in [-0.39, 0.29) is 11.9 Å². The van der Waals surface area contributed by atoms with Crippen molar-refractivity contribution in [3.05, 3.63) is 90.3 Å². The van der Waals surface area contributed by atoms with E-state index in [1.165, 1.54) is 0 Å². The summed E-state index contributed by atoms with van der Waals surface area (Å²) in [4.78, 5) is 12.5. The summed E-state index contributed by atoms with van der Waals surface area (Å²) in [6, 6.07) is 21.9. The zero-order chi connectivity index (χ0) is 18.2. The molecule has 1 aromatic heterocycles. The average Bonchev–Trinajstić information content (AvgIpc) is 3.21. The first-order valence-electron chi connectivity index (χ1n) is 8.92. The van der Waals surface area contributed by atoms with Crippen LogP contribution >= 0.6 is 0 Å². The number of rotatable bonds is 8. The Morgan fingerprint density at radius 1 is 1.00 bits per heavy atom. The molecule has 0 spiro atoms. The average molecular weight is 348 g/mol. The smallest absolute Gasteiger partial charge is 0.222 e. The molecule has 4 nitrogen and oxygen atoms in total. The lowest BCUT2D eigenvalue weighted by atomic mass is 10.0. The lowest BCUT2D eigenvalue weighted by molar-refractivity contribution is -0.121. The molecule has 2 aromatic carbocycles. The van der Waals surface area contributed by atoms with Crippen molar-refractivity contribution in [3.8, 4) is 5.75 Å². The highest BCUT2D eigenvalue weighted by atomic mass is 16.5. The van der Waals surface area contributed by atoms with Crippen LogP contribution in [0.15, 0.2) is 79.1 Å². The van der Waals surface area contributed by atoms with Crippen molar-refractivity contribution >= 4 is 5.91 Å². The zero-order valence-corrected chi connectivity index (χ0v) is 15.0. The van der Waals surface area contributed by atoms with E-state index in [0.717, 1.165) is 16.9 Å². The van der Waals surface area contributed by atoms with Gasteiger partial charge in [0.2, 0.25) is 5.91 Å². The second kappa shape index (κ2) is 8.90. The summed E-state index contributed by atoms with van der Waals surface area (Å²) in [5.74, 6) is 0.876. The molecule has 0 saturated carbocycles. The fraction of sp³-hybridized carbons (Fsp3) is 0.227. The van der Waals surface area contributed by atoms with E-state index in [0.29, 0.717) is 19.6 Å². The minimum absolute atomic E-state index is 0.00784. The molecule has 1 N–H and O–H groups in total. The Morgan fingerprint density at radius 2 is 1.69 bits per heavy atom. The van der Waals surface area contributed by atoms with Crippen LogP contribution < -0.4 is 10.1 Å². The van der Waals surface area contributed by atoms with E-state index in [1.54, 1.807) is 0 Å². The second-order valence-corrected chi connectivity index (χ2v) is 6.11. The highest BCUT2D eigenvalue weighted by Crippen LogP contribution is 2.22. The molecule has 0 aliphatic carbocycles. The summed E-state index contributed by atoms with van der Waals surface area (Å²) >= 11 is 0. The van der Waals surface area contributed by atoms with Gasteiger partial charge in [0.25, 0.3) is 0 Å². The molecule has 1 atom stereocenters. The van der Waals surface area contributed by atoms with Crippen molar-refractivity contribution in [2.24, 2.45) is 0 Å². The van der Waals surface area contributed by atoms with Crippen LogP contribution in [-0.4, -0.2) is 17.1 Å². The quantitative estimate of drug-likeness (QED) is 0.663. The predicted octanol–water partition coefficient (Wildman–Crippen LogP) is 4.18. The van der Waals surface area contributed by atoms with Crippen molar-refractivity contribution in [1.29, 1.82) is 0 Å². The summed E-state index contributed by atoms with van der Waals surface area (Å²) in [7, 11) is 0.